The second-order valence-electron chi connectivity index (χ2n) is 2.97. The molecule has 1 aromatic heterocycles. The molecule has 0 saturated heterocycles. The summed E-state index contributed by atoms with van der Waals surface area (Å²) in [5.74, 6) is 0. The van der Waals surface area contributed by atoms with Crippen molar-refractivity contribution in [3.05, 3.63) is 54.7 Å². The molecule has 0 fully saturated rings. The van der Waals surface area contributed by atoms with Crippen LogP contribution in [0.4, 0.5) is 0 Å². The Bertz CT molecular complexity index is 398. The second kappa shape index (κ2) is 5.04. The van der Waals surface area contributed by atoms with E-state index in [4.69, 9.17) is 0 Å². The molecule has 1 nitrogen and oxygen atoms in total. The fraction of sp³-hybridized carbons (Fsp3) is 0.0833. The Morgan fingerprint density at radius 2 is 1.86 bits per heavy atom. The molecule has 1 radical (unpaired) electrons. The van der Waals surface area contributed by atoms with Crippen molar-refractivity contribution in [2.45, 2.75) is 0 Å². The van der Waals surface area contributed by atoms with Crippen molar-refractivity contribution < 1.29 is 24.7 Å². The first kappa shape index (κ1) is 11.1. The first-order chi connectivity index (χ1) is 6.38. The van der Waals surface area contributed by atoms with Crippen molar-refractivity contribution in [2.24, 2.45) is 7.05 Å². The summed E-state index contributed by atoms with van der Waals surface area (Å²) in [4.78, 5) is 0. The van der Waals surface area contributed by atoms with Crippen molar-refractivity contribution in [3.8, 4) is 11.3 Å². The summed E-state index contributed by atoms with van der Waals surface area (Å²) < 4.78 is 2.09. The number of pyridine rings is 1. The molecule has 0 aliphatic rings. The van der Waals surface area contributed by atoms with Crippen LogP contribution in [0.1, 0.15) is 0 Å². The predicted molar refractivity (Wildman–Crippen MR) is 51.9 cm³/mol. The number of hydrogen-bond acceptors (Lipinski definition) is 0. The zero-order valence-electron chi connectivity index (χ0n) is 7.90. The van der Waals surface area contributed by atoms with E-state index in [-0.39, 0.29) is 20.1 Å². The standard InChI is InChI=1S/C12H11N.Ir/c1-13-10-6-5-9-12(13)11-7-3-2-4-8-11;/h2-7,9-10H,1H3;. The number of rotatable bonds is 1. The molecule has 0 spiro atoms. The first-order valence-corrected chi connectivity index (χ1v) is 4.30. The molecule has 2 aromatic rings. The predicted octanol–water partition coefficient (Wildman–Crippen LogP) is 1.98. The summed E-state index contributed by atoms with van der Waals surface area (Å²) in [6, 6.07) is 17.4. The maximum atomic E-state index is 3.20. The normalized spacial score (nSPS) is 9.21. The van der Waals surface area contributed by atoms with Crippen LogP contribution in [0.5, 0.6) is 0 Å². The summed E-state index contributed by atoms with van der Waals surface area (Å²) >= 11 is 0. The molecule has 0 aliphatic heterocycles. The molecule has 0 atom stereocenters. The second-order valence-corrected chi connectivity index (χ2v) is 2.97. The minimum atomic E-state index is 0. The van der Waals surface area contributed by atoms with Gasteiger partial charge in [0.1, 0.15) is 12.7 Å². The zero-order valence-corrected chi connectivity index (χ0v) is 10.3. The maximum Gasteiger partial charge on any atom is 0.160 e. The molecule has 14 heavy (non-hydrogen) atoms. The topological polar surface area (TPSA) is 3.88 Å². The van der Waals surface area contributed by atoms with Gasteiger partial charge in [-0.15, -0.1) is 30.3 Å². The Kier molecular flexibility index (Phi) is 3.99. The third-order valence-corrected chi connectivity index (χ3v) is 2.04. The molecule has 0 saturated carbocycles. The largest absolute Gasteiger partial charge is 0.242 e. The van der Waals surface area contributed by atoms with E-state index in [1.54, 1.807) is 0 Å². The third kappa shape index (κ3) is 2.28. The minimum absolute atomic E-state index is 0. The summed E-state index contributed by atoms with van der Waals surface area (Å²) in [5, 5.41) is 0. The fourth-order valence-corrected chi connectivity index (χ4v) is 1.36. The molecule has 2 heteroatoms. The van der Waals surface area contributed by atoms with E-state index in [9.17, 15) is 0 Å². The van der Waals surface area contributed by atoms with E-state index < -0.39 is 0 Å². The van der Waals surface area contributed by atoms with Crippen LogP contribution in [0.25, 0.3) is 11.3 Å². The number of hydrogen-bond donors (Lipinski definition) is 0. The van der Waals surface area contributed by atoms with Gasteiger partial charge in [-0.3, -0.25) is 0 Å². The SMILES string of the molecule is C[n+]1ccccc1-c1[c-]cccc1.[Ir]. The Balaban J connectivity index is 0.000000980. The molecule has 0 bridgehead atoms. The Labute approximate surface area is 97.8 Å². The van der Waals surface area contributed by atoms with E-state index in [0.717, 1.165) is 5.56 Å². The van der Waals surface area contributed by atoms with Gasteiger partial charge in [-0.1, -0.05) is 11.6 Å². The van der Waals surface area contributed by atoms with E-state index in [1.165, 1.54) is 5.69 Å². The van der Waals surface area contributed by atoms with E-state index in [2.05, 4.69) is 22.8 Å². The molecule has 0 unspecified atom stereocenters. The summed E-state index contributed by atoms with van der Waals surface area (Å²) in [6.45, 7) is 0. The van der Waals surface area contributed by atoms with Gasteiger partial charge in [0.05, 0.1) is 0 Å². The quantitative estimate of drug-likeness (QED) is 0.540. The van der Waals surface area contributed by atoms with Crippen LogP contribution in [-0.4, -0.2) is 0 Å². The Morgan fingerprint density at radius 1 is 1.07 bits per heavy atom. The van der Waals surface area contributed by atoms with Gasteiger partial charge in [-0.05, 0) is 6.07 Å². The molecule has 73 valence electrons. The van der Waals surface area contributed by atoms with Crippen molar-refractivity contribution in [2.75, 3.05) is 0 Å². The van der Waals surface area contributed by atoms with Crippen molar-refractivity contribution in [1.82, 2.24) is 0 Å². The molecule has 1 aromatic carbocycles. The van der Waals surface area contributed by atoms with Crippen LogP contribution in [0.15, 0.2) is 48.7 Å². The molecule has 0 N–H and O–H groups in total. The average Bonchev–Trinajstić information content (AvgIpc) is 2.20. The van der Waals surface area contributed by atoms with E-state index in [0.29, 0.717) is 0 Å². The van der Waals surface area contributed by atoms with E-state index in [1.807, 2.05) is 43.6 Å². The van der Waals surface area contributed by atoms with Crippen LogP contribution < -0.4 is 4.57 Å². The third-order valence-electron chi connectivity index (χ3n) is 2.04. The number of nitrogens with zero attached hydrogens (tertiary/aromatic N) is 1. The number of aryl methyl sites for hydroxylation is 1. The van der Waals surface area contributed by atoms with Crippen LogP contribution in [0.2, 0.25) is 0 Å². The van der Waals surface area contributed by atoms with Crippen LogP contribution in [-0.2, 0) is 27.2 Å². The smallest absolute Gasteiger partial charge is 0.160 e. The van der Waals surface area contributed by atoms with Crippen LogP contribution in [0, 0.1) is 6.07 Å². The minimum Gasteiger partial charge on any atom is -0.242 e. The first-order valence-electron chi connectivity index (χ1n) is 4.30. The monoisotopic (exact) mass is 362 g/mol. The van der Waals surface area contributed by atoms with Gasteiger partial charge in [-0.25, -0.2) is 4.57 Å². The van der Waals surface area contributed by atoms with E-state index >= 15 is 0 Å². The Hall–Kier alpha value is -0.981. The number of benzene rings is 1. The molecular formula is C12H11IrN. The maximum absolute atomic E-state index is 3.20. The number of aromatic nitrogens is 1. The van der Waals surface area contributed by atoms with Crippen molar-refractivity contribution in [3.63, 3.8) is 0 Å². The fourth-order valence-electron chi connectivity index (χ4n) is 1.36. The molecular weight excluding hydrogens is 350 g/mol. The summed E-state index contributed by atoms with van der Waals surface area (Å²) in [6.07, 6.45) is 2.04. The van der Waals surface area contributed by atoms with Gasteiger partial charge in [0.25, 0.3) is 0 Å². The van der Waals surface area contributed by atoms with Crippen LogP contribution in [0.3, 0.4) is 0 Å². The summed E-state index contributed by atoms with van der Waals surface area (Å²) in [5.41, 5.74) is 2.31. The van der Waals surface area contributed by atoms with Gasteiger partial charge in [0, 0.05) is 26.2 Å². The van der Waals surface area contributed by atoms with Crippen LogP contribution >= 0.6 is 0 Å². The van der Waals surface area contributed by atoms with Crippen molar-refractivity contribution in [1.29, 1.82) is 0 Å². The van der Waals surface area contributed by atoms with Gasteiger partial charge >= 0.3 is 0 Å². The molecule has 2 rings (SSSR count). The average molecular weight is 361 g/mol. The van der Waals surface area contributed by atoms with Crippen molar-refractivity contribution >= 4 is 0 Å². The molecule has 0 aliphatic carbocycles. The Morgan fingerprint density at radius 3 is 2.50 bits per heavy atom. The van der Waals surface area contributed by atoms with Gasteiger partial charge in [-0.2, -0.15) is 0 Å². The van der Waals surface area contributed by atoms with Gasteiger partial charge < -0.3 is 0 Å². The summed E-state index contributed by atoms with van der Waals surface area (Å²) in [7, 11) is 2.04. The zero-order chi connectivity index (χ0) is 9.10. The van der Waals surface area contributed by atoms with Gasteiger partial charge in [0.2, 0.25) is 0 Å². The molecule has 1 heterocycles. The van der Waals surface area contributed by atoms with Gasteiger partial charge in [0.15, 0.2) is 6.20 Å². The molecule has 0 amide bonds.